The number of amides is 1. The fourth-order valence-electron chi connectivity index (χ4n) is 3.99. The number of fused-ring (bicyclic) bond motifs is 1. The second-order valence-corrected chi connectivity index (χ2v) is 7.73. The Balaban J connectivity index is 1.28. The molecule has 0 aliphatic carbocycles. The van der Waals surface area contributed by atoms with Crippen molar-refractivity contribution in [3.05, 3.63) is 66.5 Å². The summed E-state index contributed by atoms with van der Waals surface area (Å²) in [5.41, 5.74) is 8.59. The Morgan fingerprint density at radius 3 is 2.74 bits per heavy atom. The summed E-state index contributed by atoms with van der Waals surface area (Å²) >= 11 is 0. The van der Waals surface area contributed by atoms with Crippen molar-refractivity contribution >= 4 is 17.4 Å². The van der Waals surface area contributed by atoms with E-state index in [-0.39, 0.29) is 5.76 Å². The molecule has 0 saturated carbocycles. The van der Waals surface area contributed by atoms with Gasteiger partial charge >= 0.3 is 0 Å². The standard InChI is InChI=1S/C22H23N7O2/c23-20(30)19-10-16(13-31-19)18-11-24-21(22-25-14-26-29(18)22)27-17-6-8-28(9-7-17)12-15-4-2-1-3-5-15/h1-5,10-11,13-14,17H,6-9,12H2,(H2,23,30)(H,24,27). The minimum Gasteiger partial charge on any atom is -0.458 e. The molecule has 0 bridgehead atoms. The fraction of sp³-hybridized carbons (Fsp3) is 0.273. The van der Waals surface area contributed by atoms with Gasteiger partial charge < -0.3 is 15.5 Å². The number of carbonyl (C=O) groups excluding carboxylic acids is 1. The molecule has 4 heterocycles. The lowest BCUT2D eigenvalue weighted by atomic mass is 10.0. The maximum Gasteiger partial charge on any atom is 0.284 e. The minimum atomic E-state index is -0.620. The highest BCUT2D eigenvalue weighted by atomic mass is 16.3. The van der Waals surface area contributed by atoms with Gasteiger partial charge in [-0.05, 0) is 24.5 Å². The number of rotatable bonds is 6. The molecule has 158 valence electrons. The molecule has 9 heteroatoms. The van der Waals surface area contributed by atoms with E-state index >= 15 is 0 Å². The normalized spacial score (nSPS) is 15.4. The molecule has 3 aromatic heterocycles. The molecule has 1 amide bonds. The number of aromatic nitrogens is 4. The zero-order chi connectivity index (χ0) is 21.2. The number of anilines is 1. The van der Waals surface area contributed by atoms with Gasteiger partial charge in [-0.3, -0.25) is 9.69 Å². The molecule has 4 aromatic rings. The van der Waals surface area contributed by atoms with Crippen molar-refractivity contribution < 1.29 is 9.21 Å². The lowest BCUT2D eigenvalue weighted by molar-refractivity contribution is 0.0974. The van der Waals surface area contributed by atoms with Gasteiger partial charge in [-0.15, -0.1) is 0 Å². The Kier molecular flexibility index (Phi) is 5.09. The SMILES string of the molecule is NC(=O)c1cc(-c2cnc(NC3CCN(Cc4ccccc4)CC3)c3ncnn23)co1. The number of primary amides is 1. The summed E-state index contributed by atoms with van der Waals surface area (Å²) in [6, 6.07) is 12.5. The molecule has 1 aliphatic heterocycles. The zero-order valence-electron chi connectivity index (χ0n) is 16.9. The molecule has 0 unspecified atom stereocenters. The molecule has 3 N–H and O–H groups in total. The van der Waals surface area contributed by atoms with Crippen molar-refractivity contribution in [2.75, 3.05) is 18.4 Å². The Morgan fingerprint density at radius 2 is 2.00 bits per heavy atom. The summed E-state index contributed by atoms with van der Waals surface area (Å²) < 4.78 is 6.92. The third kappa shape index (κ3) is 3.99. The number of hydrogen-bond donors (Lipinski definition) is 2. The van der Waals surface area contributed by atoms with E-state index in [9.17, 15) is 4.79 Å². The number of furan rings is 1. The molecule has 1 saturated heterocycles. The zero-order valence-corrected chi connectivity index (χ0v) is 16.9. The molecular formula is C22H23N7O2. The molecule has 9 nitrogen and oxygen atoms in total. The van der Waals surface area contributed by atoms with Gasteiger partial charge in [0.25, 0.3) is 5.91 Å². The number of likely N-dealkylation sites (tertiary alicyclic amines) is 1. The highest BCUT2D eigenvalue weighted by molar-refractivity contribution is 5.91. The Labute approximate surface area is 178 Å². The highest BCUT2D eigenvalue weighted by Gasteiger charge is 2.22. The van der Waals surface area contributed by atoms with Gasteiger partial charge in [-0.25, -0.2) is 14.5 Å². The summed E-state index contributed by atoms with van der Waals surface area (Å²) in [6.45, 7) is 3.03. The first-order valence-electron chi connectivity index (χ1n) is 10.3. The highest BCUT2D eigenvalue weighted by Crippen LogP contribution is 2.25. The molecule has 1 aliphatic rings. The van der Waals surface area contributed by atoms with E-state index in [1.807, 2.05) is 6.07 Å². The average Bonchev–Trinajstić information content (AvgIpc) is 3.47. The van der Waals surface area contributed by atoms with Crippen molar-refractivity contribution in [1.29, 1.82) is 0 Å². The molecule has 5 rings (SSSR count). The molecule has 0 spiro atoms. The van der Waals surface area contributed by atoms with Gasteiger partial charge in [-0.1, -0.05) is 30.3 Å². The van der Waals surface area contributed by atoms with Crippen LogP contribution in [0.15, 0.2) is 59.6 Å². The van der Waals surface area contributed by atoms with E-state index in [1.54, 1.807) is 16.8 Å². The van der Waals surface area contributed by atoms with Gasteiger partial charge in [0.05, 0.1) is 11.9 Å². The quantitative estimate of drug-likeness (QED) is 0.495. The van der Waals surface area contributed by atoms with Gasteiger partial charge in [0.2, 0.25) is 0 Å². The number of carbonyl (C=O) groups is 1. The van der Waals surface area contributed by atoms with Crippen LogP contribution in [0.4, 0.5) is 5.82 Å². The maximum absolute atomic E-state index is 11.3. The van der Waals surface area contributed by atoms with E-state index in [0.717, 1.165) is 32.5 Å². The van der Waals surface area contributed by atoms with Crippen LogP contribution in [-0.4, -0.2) is 49.5 Å². The van der Waals surface area contributed by atoms with Crippen LogP contribution in [0.2, 0.25) is 0 Å². The number of hydrogen-bond acceptors (Lipinski definition) is 7. The topological polar surface area (TPSA) is 115 Å². The van der Waals surface area contributed by atoms with Gasteiger partial charge in [0, 0.05) is 31.2 Å². The van der Waals surface area contributed by atoms with Crippen molar-refractivity contribution in [2.45, 2.75) is 25.4 Å². The molecule has 31 heavy (non-hydrogen) atoms. The lowest BCUT2D eigenvalue weighted by Gasteiger charge is -2.32. The van der Waals surface area contributed by atoms with Crippen molar-refractivity contribution in [3.63, 3.8) is 0 Å². The second kappa shape index (κ2) is 8.19. The van der Waals surface area contributed by atoms with E-state index in [4.69, 9.17) is 10.2 Å². The van der Waals surface area contributed by atoms with E-state index in [0.29, 0.717) is 28.8 Å². The summed E-state index contributed by atoms with van der Waals surface area (Å²) in [7, 11) is 0. The lowest BCUT2D eigenvalue weighted by Crippen LogP contribution is -2.38. The minimum absolute atomic E-state index is 0.0905. The number of nitrogens with one attached hydrogen (secondary N) is 1. The van der Waals surface area contributed by atoms with Gasteiger partial charge in [0.1, 0.15) is 12.6 Å². The second-order valence-electron chi connectivity index (χ2n) is 7.73. The Hall–Kier alpha value is -3.72. The average molecular weight is 417 g/mol. The first kappa shape index (κ1) is 19.3. The molecule has 0 radical (unpaired) electrons. The van der Waals surface area contributed by atoms with Crippen LogP contribution >= 0.6 is 0 Å². The van der Waals surface area contributed by atoms with E-state index in [1.165, 1.54) is 18.2 Å². The number of benzene rings is 1. The maximum atomic E-state index is 11.3. The van der Waals surface area contributed by atoms with Crippen LogP contribution < -0.4 is 11.1 Å². The van der Waals surface area contributed by atoms with Gasteiger partial charge in [0.15, 0.2) is 17.2 Å². The number of piperidine rings is 1. The molecule has 1 fully saturated rings. The van der Waals surface area contributed by atoms with Crippen LogP contribution in [0, 0.1) is 0 Å². The number of nitrogens with two attached hydrogens (primary N) is 1. The summed E-state index contributed by atoms with van der Waals surface area (Å²) in [4.78, 5) is 22.8. The Bertz CT molecular complexity index is 1190. The van der Waals surface area contributed by atoms with Crippen LogP contribution in [-0.2, 0) is 6.54 Å². The van der Waals surface area contributed by atoms with Crippen LogP contribution in [0.25, 0.3) is 16.9 Å². The largest absolute Gasteiger partial charge is 0.458 e. The van der Waals surface area contributed by atoms with E-state index in [2.05, 4.69) is 49.5 Å². The first-order valence-corrected chi connectivity index (χ1v) is 10.3. The predicted octanol–water partition coefficient (Wildman–Crippen LogP) is 2.56. The van der Waals surface area contributed by atoms with Crippen molar-refractivity contribution in [3.8, 4) is 11.3 Å². The van der Waals surface area contributed by atoms with Crippen molar-refractivity contribution in [2.24, 2.45) is 5.73 Å². The van der Waals surface area contributed by atoms with Crippen LogP contribution in [0.5, 0.6) is 0 Å². The monoisotopic (exact) mass is 417 g/mol. The third-order valence-electron chi connectivity index (χ3n) is 5.62. The summed E-state index contributed by atoms with van der Waals surface area (Å²) in [5.74, 6) is 0.167. The Morgan fingerprint density at radius 1 is 1.19 bits per heavy atom. The van der Waals surface area contributed by atoms with Crippen molar-refractivity contribution in [1.82, 2.24) is 24.5 Å². The summed E-state index contributed by atoms with van der Waals surface area (Å²) in [5, 5.41) is 7.86. The molecule has 0 atom stereocenters. The third-order valence-corrected chi connectivity index (χ3v) is 5.62. The number of nitrogens with zero attached hydrogens (tertiary/aromatic N) is 5. The molecule has 1 aromatic carbocycles. The summed E-state index contributed by atoms with van der Waals surface area (Å²) in [6.07, 6.45) is 6.71. The predicted molar refractivity (Wildman–Crippen MR) is 115 cm³/mol. The van der Waals surface area contributed by atoms with E-state index < -0.39 is 5.91 Å². The molecular weight excluding hydrogens is 394 g/mol. The first-order chi connectivity index (χ1) is 15.2. The smallest absolute Gasteiger partial charge is 0.284 e. The van der Waals surface area contributed by atoms with Gasteiger partial charge in [-0.2, -0.15) is 5.10 Å². The van der Waals surface area contributed by atoms with Crippen LogP contribution in [0.1, 0.15) is 29.0 Å². The fourth-order valence-corrected chi connectivity index (χ4v) is 3.99. The van der Waals surface area contributed by atoms with Crippen LogP contribution in [0.3, 0.4) is 0 Å².